The molecule has 0 saturated carbocycles. The summed E-state index contributed by atoms with van der Waals surface area (Å²) in [6, 6.07) is 12.7. The third-order valence-corrected chi connectivity index (χ3v) is 5.25. The lowest BCUT2D eigenvalue weighted by atomic mass is 10.1. The maximum atomic E-state index is 13.0. The summed E-state index contributed by atoms with van der Waals surface area (Å²) in [6.45, 7) is 1.72. The van der Waals surface area contributed by atoms with Crippen LogP contribution in [0.2, 0.25) is 0 Å². The van der Waals surface area contributed by atoms with E-state index >= 15 is 0 Å². The van der Waals surface area contributed by atoms with Crippen molar-refractivity contribution in [1.29, 1.82) is 0 Å². The number of ether oxygens (including phenoxy) is 1. The van der Waals surface area contributed by atoms with Crippen LogP contribution in [-0.2, 0) is 11.3 Å². The summed E-state index contributed by atoms with van der Waals surface area (Å²) in [5.41, 5.74) is 0.995. The van der Waals surface area contributed by atoms with Gasteiger partial charge < -0.3 is 10.1 Å². The van der Waals surface area contributed by atoms with Crippen LogP contribution < -0.4 is 10.9 Å². The van der Waals surface area contributed by atoms with E-state index in [4.69, 9.17) is 4.74 Å². The molecule has 0 unspecified atom stereocenters. The van der Waals surface area contributed by atoms with E-state index in [1.807, 2.05) is 6.92 Å². The lowest BCUT2D eigenvalue weighted by Crippen LogP contribution is -2.15. The first-order chi connectivity index (χ1) is 14.9. The quantitative estimate of drug-likeness (QED) is 0.480. The molecule has 0 spiro atoms. The minimum Gasteiger partial charge on any atom is -0.456 e. The number of halogens is 1. The molecular formula is C22H16FN3O4S. The fourth-order valence-electron chi connectivity index (χ4n) is 2.88. The van der Waals surface area contributed by atoms with Gasteiger partial charge >= 0.3 is 5.97 Å². The average Bonchev–Trinajstić information content (AvgIpc) is 3.13. The zero-order valence-electron chi connectivity index (χ0n) is 16.3. The molecule has 0 bridgehead atoms. The molecule has 0 radical (unpaired) electrons. The lowest BCUT2D eigenvalue weighted by molar-refractivity contribution is 0.0467. The Morgan fingerprint density at radius 1 is 1.13 bits per heavy atom. The Kier molecular flexibility index (Phi) is 5.59. The Labute approximate surface area is 179 Å². The van der Waals surface area contributed by atoms with Gasteiger partial charge in [0, 0.05) is 28.4 Å². The number of hydrogen-bond acceptors (Lipinski definition) is 6. The molecule has 0 aliphatic carbocycles. The maximum Gasteiger partial charge on any atom is 0.338 e. The third kappa shape index (κ3) is 4.67. The second kappa shape index (κ2) is 8.49. The summed E-state index contributed by atoms with van der Waals surface area (Å²) in [6.07, 6.45) is 1.71. The highest BCUT2D eigenvalue weighted by molar-refractivity contribution is 7.16. The summed E-state index contributed by atoms with van der Waals surface area (Å²) >= 11 is 1.37. The molecule has 0 saturated heterocycles. The topological polar surface area (TPSA) is 89.8 Å². The van der Waals surface area contributed by atoms with E-state index < -0.39 is 17.7 Å². The number of carbonyl (C=O) groups excluding carboxylic acids is 2. The standard InChI is InChI=1S/C22H16FN3O4S/c1-13-11-26-19(27)10-18(25-22(26)31-13)12-30-21(29)15-3-2-4-17(9-15)24-20(28)14-5-7-16(23)8-6-14/h2-11H,12H2,1H3,(H,24,28). The number of benzene rings is 2. The van der Waals surface area contributed by atoms with Crippen molar-refractivity contribution in [3.8, 4) is 0 Å². The van der Waals surface area contributed by atoms with E-state index in [0.717, 1.165) is 4.88 Å². The van der Waals surface area contributed by atoms with Gasteiger partial charge in [-0.1, -0.05) is 6.07 Å². The predicted molar refractivity (Wildman–Crippen MR) is 114 cm³/mol. The highest BCUT2D eigenvalue weighted by Gasteiger charge is 2.12. The van der Waals surface area contributed by atoms with Gasteiger partial charge in [-0.05, 0) is 49.4 Å². The molecule has 9 heteroatoms. The lowest BCUT2D eigenvalue weighted by Gasteiger charge is -2.08. The number of aromatic nitrogens is 2. The molecule has 4 aromatic rings. The van der Waals surface area contributed by atoms with Gasteiger partial charge in [0.2, 0.25) is 0 Å². The summed E-state index contributed by atoms with van der Waals surface area (Å²) < 4.78 is 19.7. The normalized spacial score (nSPS) is 10.8. The van der Waals surface area contributed by atoms with Crippen LogP contribution in [0.4, 0.5) is 10.1 Å². The zero-order chi connectivity index (χ0) is 22.0. The maximum absolute atomic E-state index is 13.0. The van der Waals surface area contributed by atoms with Crippen LogP contribution in [0, 0.1) is 12.7 Å². The highest BCUT2D eigenvalue weighted by Crippen LogP contribution is 2.16. The van der Waals surface area contributed by atoms with Crippen LogP contribution >= 0.6 is 11.3 Å². The average molecular weight is 437 g/mol. The van der Waals surface area contributed by atoms with Crippen LogP contribution in [0.15, 0.2) is 65.6 Å². The fourth-order valence-corrected chi connectivity index (χ4v) is 3.73. The Morgan fingerprint density at radius 3 is 2.68 bits per heavy atom. The zero-order valence-corrected chi connectivity index (χ0v) is 17.1. The molecule has 31 heavy (non-hydrogen) atoms. The number of carbonyl (C=O) groups is 2. The van der Waals surface area contributed by atoms with Gasteiger partial charge in [-0.15, -0.1) is 11.3 Å². The van der Waals surface area contributed by atoms with Crippen molar-refractivity contribution in [2.24, 2.45) is 0 Å². The van der Waals surface area contributed by atoms with Gasteiger partial charge in [0.25, 0.3) is 11.5 Å². The molecule has 2 heterocycles. The fraction of sp³-hybridized carbons (Fsp3) is 0.0909. The van der Waals surface area contributed by atoms with Crippen molar-refractivity contribution in [2.45, 2.75) is 13.5 Å². The molecule has 1 amide bonds. The van der Waals surface area contributed by atoms with Gasteiger partial charge in [0.15, 0.2) is 4.96 Å². The van der Waals surface area contributed by atoms with E-state index in [2.05, 4.69) is 10.3 Å². The van der Waals surface area contributed by atoms with E-state index in [0.29, 0.717) is 16.3 Å². The molecule has 156 valence electrons. The van der Waals surface area contributed by atoms with Crippen molar-refractivity contribution in [1.82, 2.24) is 9.38 Å². The molecule has 2 aromatic carbocycles. The third-order valence-electron chi connectivity index (χ3n) is 4.35. The minimum atomic E-state index is -0.623. The smallest absolute Gasteiger partial charge is 0.338 e. The van der Waals surface area contributed by atoms with E-state index in [-0.39, 0.29) is 23.3 Å². The number of nitrogens with zero attached hydrogens (tertiary/aromatic N) is 2. The first kappa shape index (κ1) is 20.4. The van der Waals surface area contributed by atoms with Crippen molar-refractivity contribution in [2.75, 3.05) is 5.32 Å². The molecular weight excluding hydrogens is 421 g/mol. The molecule has 0 atom stereocenters. The van der Waals surface area contributed by atoms with Crippen LogP contribution in [-0.4, -0.2) is 21.3 Å². The Bertz CT molecular complexity index is 1350. The van der Waals surface area contributed by atoms with Gasteiger partial charge in [0.1, 0.15) is 12.4 Å². The summed E-state index contributed by atoms with van der Waals surface area (Å²) in [5, 5.41) is 2.65. The Balaban J connectivity index is 1.44. The molecule has 2 aromatic heterocycles. The van der Waals surface area contributed by atoms with Crippen LogP contribution in [0.25, 0.3) is 4.96 Å². The van der Waals surface area contributed by atoms with Gasteiger partial charge in [-0.25, -0.2) is 14.2 Å². The van der Waals surface area contributed by atoms with Crippen LogP contribution in [0.5, 0.6) is 0 Å². The number of nitrogens with one attached hydrogen (secondary N) is 1. The van der Waals surface area contributed by atoms with Crippen molar-refractivity contribution in [3.05, 3.63) is 98.7 Å². The van der Waals surface area contributed by atoms with E-state index in [1.165, 1.54) is 52.1 Å². The van der Waals surface area contributed by atoms with E-state index in [1.54, 1.807) is 24.4 Å². The van der Waals surface area contributed by atoms with Crippen LogP contribution in [0.1, 0.15) is 31.3 Å². The van der Waals surface area contributed by atoms with Gasteiger partial charge in [-0.3, -0.25) is 14.0 Å². The Hall–Kier alpha value is -3.85. The first-order valence-electron chi connectivity index (χ1n) is 9.22. The molecule has 0 aliphatic heterocycles. The predicted octanol–water partition coefficient (Wildman–Crippen LogP) is 3.81. The largest absolute Gasteiger partial charge is 0.456 e. The van der Waals surface area contributed by atoms with Gasteiger partial charge in [-0.2, -0.15) is 0 Å². The van der Waals surface area contributed by atoms with Crippen LogP contribution in [0.3, 0.4) is 0 Å². The number of anilines is 1. The second-order valence-electron chi connectivity index (χ2n) is 6.70. The number of esters is 1. The molecule has 4 rings (SSSR count). The number of aryl methyl sites for hydroxylation is 1. The van der Waals surface area contributed by atoms with E-state index in [9.17, 15) is 18.8 Å². The first-order valence-corrected chi connectivity index (χ1v) is 10.0. The molecule has 7 nitrogen and oxygen atoms in total. The number of hydrogen-bond donors (Lipinski definition) is 1. The second-order valence-corrected chi connectivity index (χ2v) is 7.91. The number of fused-ring (bicyclic) bond motifs is 1. The van der Waals surface area contributed by atoms with Crippen molar-refractivity contribution in [3.63, 3.8) is 0 Å². The highest BCUT2D eigenvalue weighted by atomic mass is 32.1. The Morgan fingerprint density at radius 2 is 1.90 bits per heavy atom. The number of thiazole rings is 1. The number of amides is 1. The van der Waals surface area contributed by atoms with Gasteiger partial charge in [0.05, 0.1) is 11.3 Å². The molecule has 0 fully saturated rings. The summed E-state index contributed by atoms with van der Waals surface area (Å²) in [7, 11) is 0. The monoisotopic (exact) mass is 437 g/mol. The summed E-state index contributed by atoms with van der Waals surface area (Å²) in [5.74, 6) is -1.50. The minimum absolute atomic E-state index is 0.159. The summed E-state index contributed by atoms with van der Waals surface area (Å²) in [4.78, 5) is 42.7. The number of rotatable bonds is 5. The van der Waals surface area contributed by atoms with Crippen molar-refractivity contribution >= 4 is 33.9 Å². The SMILES string of the molecule is Cc1cn2c(=O)cc(COC(=O)c3cccc(NC(=O)c4ccc(F)cc4)c3)nc2s1. The molecule has 0 aliphatic rings. The molecule has 1 N–H and O–H groups in total. The van der Waals surface area contributed by atoms with Crippen molar-refractivity contribution < 1.29 is 18.7 Å².